The van der Waals surface area contributed by atoms with Gasteiger partial charge in [0.05, 0.1) is 6.04 Å². The fourth-order valence-electron chi connectivity index (χ4n) is 3.09. The van der Waals surface area contributed by atoms with Crippen LogP contribution in [0.1, 0.15) is 20.8 Å². The zero-order valence-electron chi connectivity index (χ0n) is 17.9. The molecule has 0 spiro atoms. The van der Waals surface area contributed by atoms with Crippen molar-refractivity contribution < 1.29 is 38.4 Å². The molecule has 0 bridgehead atoms. The molecule has 9 nitrogen and oxygen atoms in total. The van der Waals surface area contributed by atoms with Crippen LogP contribution >= 0.6 is 46.6 Å². The molecule has 0 radical (unpaired) electrons. The quantitative estimate of drug-likeness (QED) is 0.219. The average Bonchev–Trinajstić information content (AvgIpc) is 2.70. The summed E-state index contributed by atoms with van der Waals surface area (Å²) in [6.45, 7) is 3.27. The van der Waals surface area contributed by atoms with E-state index in [1.807, 2.05) is 30.3 Å². The molecule has 6 atom stereocenters. The lowest BCUT2D eigenvalue weighted by atomic mass is 9.97. The Hall–Kier alpha value is -1.27. The molecule has 0 aromatic heterocycles. The summed E-state index contributed by atoms with van der Waals surface area (Å²) in [6, 6.07) is 8.07. The van der Waals surface area contributed by atoms with Gasteiger partial charge < -0.3 is 24.1 Å². The molecule has 1 heterocycles. The highest BCUT2D eigenvalue weighted by atomic mass is 35.6. The Labute approximate surface area is 210 Å². The van der Waals surface area contributed by atoms with Gasteiger partial charge in [0.1, 0.15) is 18.1 Å². The molecular formula is C20H24Cl3NO8S. The van der Waals surface area contributed by atoms with Crippen LogP contribution in [0.5, 0.6) is 0 Å². The van der Waals surface area contributed by atoms with Gasteiger partial charge in [0, 0.05) is 25.7 Å². The van der Waals surface area contributed by atoms with E-state index in [-0.39, 0.29) is 6.61 Å². The molecule has 2 rings (SSSR count). The Bertz CT molecular complexity index is 825. The number of nitrogens with one attached hydrogen (secondary N) is 1. The van der Waals surface area contributed by atoms with Gasteiger partial charge in [-0.25, -0.2) is 0 Å². The number of benzene rings is 1. The summed E-state index contributed by atoms with van der Waals surface area (Å²) in [5.41, 5.74) is -0.855. The van der Waals surface area contributed by atoms with Crippen molar-refractivity contribution in [3.05, 3.63) is 30.3 Å². The van der Waals surface area contributed by atoms with E-state index in [0.29, 0.717) is 0 Å². The standard InChI is InChI=1S/C20H24Cl3NO8S/c1-10(25)29-9-14-16(30-11(2)26)17(31-12(3)27)15(24-19(28)20(21,22)23)18(32-14)33-13-7-5-4-6-8-13/h4-8,14-19,24,28H,9H2,1-3H3/t14-,15+,16-,17-,18+,19-/m1/s1. The van der Waals surface area contributed by atoms with Gasteiger partial charge in [-0.1, -0.05) is 64.8 Å². The topological polar surface area (TPSA) is 120 Å². The van der Waals surface area contributed by atoms with Crippen LogP contribution < -0.4 is 5.32 Å². The smallest absolute Gasteiger partial charge is 0.303 e. The molecule has 0 aliphatic carbocycles. The SMILES string of the molecule is CC(=O)OC[C@H]1O[C@@H](Sc2ccccc2)[C@@H](N[C@H](O)C(Cl)(Cl)Cl)[C@@H](OC(C)=O)[C@@H]1OC(C)=O. The van der Waals surface area contributed by atoms with Crippen LogP contribution in [0, 0.1) is 0 Å². The van der Waals surface area contributed by atoms with Crippen LogP contribution in [0.4, 0.5) is 0 Å². The van der Waals surface area contributed by atoms with Crippen molar-refractivity contribution in [1.82, 2.24) is 5.32 Å². The van der Waals surface area contributed by atoms with E-state index in [9.17, 15) is 19.5 Å². The third-order valence-electron chi connectivity index (χ3n) is 4.36. The minimum absolute atomic E-state index is 0.281. The molecule has 1 fully saturated rings. The summed E-state index contributed by atoms with van der Waals surface area (Å²) in [6.07, 6.45) is -5.08. The number of aliphatic hydroxyl groups is 1. The van der Waals surface area contributed by atoms with Gasteiger partial charge in [-0.05, 0) is 12.1 Å². The first-order chi connectivity index (χ1) is 15.4. The molecule has 1 saturated heterocycles. The second kappa shape index (κ2) is 12.4. The summed E-state index contributed by atoms with van der Waals surface area (Å²) in [4.78, 5) is 35.9. The van der Waals surface area contributed by atoms with Crippen LogP contribution in [-0.2, 0) is 33.3 Å². The van der Waals surface area contributed by atoms with Crippen molar-refractivity contribution in [2.75, 3.05) is 6.61 Å². The van der Waals surface area contributed by atoms with Crippen molar-refractivity contribution >= 4 is 64.5 Å². The second-order valence-electron chi connectivity index (χ2n) is 7.06. The van der Waals surface area contributed by atoms with Crippen molar-refractivity contribution in [2.24, 2.45) is 0 Å². The van der Waals surface area contributed by atoms with E-state index < -0.39 is 57.7 Å². The van der Waals surface area contributed by atoms with E-state index in [1.54, 1.807) is 0 Å². The third kappa shape index (κ3) is 8.79. The molecule has 1 aromatic rings. The summed E-state index contributed by atoms with van der Waals surface area (Å²) in [5.74, 6) is -1.96. The number of esters is 3. The third-order valence-corrected chi connectivity index (χ3v) is 6.16. The molecule has 1 aliphatic rings. The van der Waals surface area contributed by atoms with Gasteiger partial charge >= 0.3 is 17.9 Å². The van der Waals surface area contributed by atoms with Crippen LogP contribution in [0.2, 0.25) is 0 Å². The summed E-state index contributed by atoms with van der Waals surface area (Å²) in [5, 5.41) is 13.1. The predicted molar refractivity (Wildman–Crippen MR) is 122 cm³/mol. The number of halogens is 3. The summed E-state index contributed by atoms with van der Waals surface area (Å²) in [7, 11) is 0. The minimum atomic E-state index is -2.13. The Morgan fingerprint density at radius 2 is 1.64 bits per heavy atom. The fourth-order valence-corrected chi connectivity index (χ4v) is 4.44. The van der Waals surface area contributed by atoms with Gasteiger partial charge in [0.25, 0.3) is 0 Å². The number of rotatable bonds is 8. The zero-order valence-corrected chi connectivity index (χ0v) is 21.0. The van der Waals surface area contributed by atoms with E-state index in [2.05, 4.69) is 5.32 Å². The molecule has 2 N–H and O–H groups in total. The van der Waals surface area contributed by atoms with Crippen LogP contribution in [0.15, 0.2) is 35.2 Å². The lowest BCUT2D eigenvalue weighted by Gasteiger charge is -2.46. The van der Waals surface area contributed by atoms with Crippen molar-refractivity contribution in [3.63, 3.8) is 0 Å². The molecule has 184 valence electrons. The summed E-state index contributed by atoms with van der Waals surface area (Å²) >= 11 is 18.7. The van der Waals surface area contributed by atoms with Gasteiger partial charge in [-0.3, -0.25) is 19.7 Å². The fraction of sp³-hybridized carbons (Fsp3) is 0.550. The number of hydrogen-bond donors (Lipinski definition) is 2. The van der Waals surface area contributed by atoms with Gasteiger partial charge in [0.2, 0.25) is 3.79 Å². The molecular weight excluding hydrogens is 521 g/mol. The van der Waals surface area contributed by atoms with Crippen molar-refractivity contribution in [1.29, 1.82) is 0 Å². The number of alkyl halides is 3. The maximum absolute atomic E-state index is 11.9. The molecule has 0 saturated carbocycles. The average molecular weight is 545 g/mol. The number of hydrogen-bond acceptors (Lipinski definition) is 10. The molecule has 13 heteroatoms. The Balaban J connectivity index is 2.48. The lowest BCUT2D eigenvalue weighted by Crippen LogP contribution is -2.67. The van der Waals surface area contributed by atoms with Crippen molar-refractivity contribution in [3.8, 4) is 0 Å². The Morgan fingerprint density at radius 3 is 2.15 bits per heavy atom. The van der Waals surface area contributed by atoms with E-state index >= 15 is 0 Å². The maximum Gasteiger partial charge on any atom is 0.303 e. The van der Waals surface area contributed by atoms with E-state index in [0.717, 1.165) is 11.8 Å². The summed E-state index contributed by atoms with van der Waals surface area (Å²) < 4.78 is 19.9. The number of aliphatic hydroxyl groups excluding tert-OH is 1. The van der Waals surface area contributed by atoms with Gasteiger partial charge in [0.15, 0.2) is 18.4 Å². The maximum atomic E-state index is 11.9. The molecule has 1 aromatic carbocycles. The number of thioether (sulfide) groups is 1. The number of ether oxygens (including phenoxy) is 4. The minimum Gasteiger partial charge on any atom is -0.463 e. The molecule has 1 aliphatic heterocycles. The Morgan fingerprint density at radius 1 is 1.06 bits per heavy atom. The van der Waals surface area contributed by atoms with E-state index in [4.69, 9.17) is 53.8 Å². The molecule has 33 heavy (non-hydrogen) atoms. The number of carbonyl (C=O) groups excluding carboxylic acids is 3. The normalized spacial score (nSPS) is 26.2. The largest absolute Gasteiger partial charge is 0.463 e. The predicted octanol–water partition coefficient (Wildman–Crippen LogP) is 2.58. The first-order valence-corrected chi connectivity index (χ1v) is 11.8. The Kier molecular flexibility index (Phi) is 10.5. The van der Waals surface area contributed by atoms with Crippen LogP contribution in [0.3, 0.4) is 0 Å². The van der Waals surface area contributed by atoms with E-state index in [1.165, 1.54) is 25.6 Å². The lowest BCUT2D eigenvalue weighted by molar-refractivity contribution is -0.214. The monoisotopic (exact) mass is 543 g/mol. The highest BCUT2D eigenvalue weighted by Crippen LogP contribution is 2.37. The van der Waals surface area contributed by atoms with Crippen molar-refractivity contribution in [2.45, 2.75) is 65.5 Å². The molecule has 0 amide bonds. The van der Waals surface area contributed by atoms with Gasteiger partial charge in [-0.2, -0.15) is 0 Å². The number of carbonyl (C=O) groups is 3. The van der Waals surface area contributed by atoms with Crippen LogP contribution in [-0.4, -0.2) is 69.4 Å². The second-order valence-corrected chi connectivity index (χ2v) is 10.6. The first kappa shape index (κ1) is 28.0. The highest BCUT2D eigenvalue weighted by molar-refractivity contribution is 7.99. The highest BCUT2D eigenvalue weighted by Gasteiger charge is 2.52. The molecule has 0 unspecified atom stereocenters. The first-order valence-electron chi connectivity index (χ1n) is 9.74. The van der Waals surface area contributed by atoms with Gasteiger partial charge in [-0.15, -0.1) is 0 Å². The zero-order chi connectivity index (χ0) is 24.8. The van der Waals surface area contributed by atoms with Crippen LogP contribution in [0.25, 0.3) is 0 Å².